The van der Waals surface area contributed by atoms with Gasteiger partial charge in [-0.3, -0.25) is 0 Å². The lowest BCUT2D eigenvalue weighted by atomic mass is 9.52. The molecule has 0 unspecified atom stereocenters. The van der Waals surface area contributed by atoms with E-state index in [0.717, 1.165) is 23.7 Å². The van der Waals surface area contributed by atoms with E-state index >= 15 is 0 Å². The minimum atomic E-state index is 0.636. The summed E-state index contributed by atoms with van der Waals surface area (Å²) in [6, 6.07) is 0. The van der Waals surface area contributed by atoms with Gasteiger partial charge in [0.2, 0.25) is 0 Å². The van der Waals surface area contributed by atoms with Gasteiger partial charge in [0, 0.05) is 0 Å². The predicted molar refractivity (Wildman–Crippen MR) is 76.2 cm³/mol. The summed E-state index contributed by atoms with van der Waals surface area (Å²) >= 11 is 0. The van der Waals surface area contributed by atoms with Crippen LogP contribution in [-0.4, -0.2) is 0 Å². The van der Waals surface area contributed by atoms with E-state index in [2.05, 4.69) is 25.2 Å². The summed E-state index contributed by atoms with van der Waals surface area (Å²) < 4.78 is 0. The molecule has 0 saturated heterocycles. The van der Waals surface area contributed by atoms with Gasteiger partial charge in [-0.1, -0.05) is 30.7 Å². The molecule has 4 aliphatic carbocycles. The van der Waals surface area contributed by atoms with Crippen molar-refractivity contribution in [1.82, 2.24) is 0 Å². The van der Waals surface area contributed by atoms with Gasteiger partial charge in [0.1, 0.15) is 0 Å². The molecule has 0 bridgehead atoms. The highest BCUT2D eigenvalue weighted by Crippen LogP contribution is 2.59. The van der Waals surface area contributed by atoms with Crippen molar-refractivity contribution in [3.8, 4) is 0 Å². The molecule has 0 nitrogen and oxygen atoms in total. The Morgan fingerprint density at radius 1 is 1.17 bits per heavy atom. The molecule has 0 heterocycles. The molecule has 0 amide bonds. The molecular formula is C18H26. The van der Waals surface area contributed by atoms with Crippen molar-refractivity contribution in [2.45, 2.75) is 58.3 Å². The average molecular weight is 242 g/mol. The zero-order valence-corrected chi connectivity index (χ0v) is 11.7. The molecule has 0 aliphatic heterocycles. The zero-order chi connectivity index (χ0) is 12.2. The van der Waals surface area contributed by atoms with Crippen molar-refractivity contribution >= 4 is 0 Å². The smallest absolute Gasteiger partial charge is 0.0145 e. The molecule has 0 aromatic rings. The van der Waals surface area contributed by atoms with Crippen molar-refractivity contribution < 1.29 is 0 Å². The van der Waals surface area contributed by atoms with Crippen molar-refractivity contribution in [2.75, 3.05) is 0 Å². The highest BCUT2D eigenvalue weighted by molar-refractivity contribution is 5.20. The van der Waals surface area contributed by atoms with Gasteiger partial charge < -0.3 is 0 Å². The minimum absolute atomic E-state index is 0.636. The van der Waals surface area contributed by atoms with Crippen LogP contribution in [0, 0.1) is 29.1 Å². The van der Waals surface area contributed by atoms with E-state index in [1.54, 1.807) is 0 Å². The van der Waals surface area contributed by atoms with Crippen LogP contribution in [0.25, 0.3) is 0 Å². The summed E-state index contributed by atoms with van der Waals surface area (Å²) in [6.45, 7) is 2.56. The molecule has 5 atom stereocenters. The third-order valence-corrected chi connectivity index (χ3v) is 6.68. The maximum Gasteiger partial charge on any atom is -0.0145 e. The third-order valence-electron chi connectivity index (χ3n) is 6.68. The molecule has 4 aliphatic rings. The van der Waals surface area contributed by atoms with E-state index in [4.69, 9.17) is 0 Å². The summed E-state index contributed by atoms with van der Waals surface area (Å²) in [7, 11) is 0. The molecule has 4 rings (SSSR count). The fourth-order valence-electron chi connectivity index (χ4n) is 5.72. The maximum absolute atomic E-state index is 2.60. The van der Waals surface area contributed by atoms with Crippen molar-refractivity contribution in [2.24, 2.45) is 29.1 Å². The summed E-state index contributed by atoms with van der Waals surface area (Å²) in [4.78, 5) is 0. The van der Waals surface area contributed by atoms with Gasteiger partial charge in [-0.25, -0.2) is 0 Å². The van der Waals surface area contributed by atoms with E-state index in [1.807, 2.05) is 5.57 Å². The molecule has 0 N–H and O–H groups in total. The second kappa shape index (κ2) is 3.99. The first-order valence-electron chi connectivity index (χ1n) is 8.13. The summed E-state index contributed by atoms with van der Waals surface area (Å²) in [6.07, 6.45) is 19.3. The lowest BCUT2D eigenvalue weighted by Crippen LogP contribution is -2.44. The summed E-state index contributed by atoms with van der Waals surface area (Å²) in [5, 5.41) is 0. The molecule has 0 aromatic carbocycles. The Morgan fingerprint density at radius 2 is 2.11 bits per heavy atom. The van der Waals surface area contributed by atoms with Crippen molar-refractivity contribution in [1.29, 1.82) is 0 Å². The Balaban J connectivity index is 1.65. The zero-order valence-electron chi connectivity index (χ0n) is 11.7. The van der Waals surface area contributed by atoms with Gasteiger partial charge in [0.05, 0.1) is 0 Å². The third kappa shape index (κ3) is 1.50. The Bertz CT molecular complexity index is 402. The van der Waals surface area contributed by atoms with Crippen LogP contribution in [0.4, 0.5) is 0 Å². The lowest BCUT2D eigenvalue weighted by Gasteiger charge is -2.52. The second-order valence-corrected chi connectivity index (χ2v) is 7.53. The van der Waals surface area contributed by atoms with E-state index in [-0.39, 0.29) is 0 Å². The Kier molecular flexibility index (Phi) is 2.51. The van der Waals surface area contributed by atoms with E-state index in [9.17, 15) is 0 Å². The van der Waals surface area contributed by atoms with Crippen LogP contribution in [0.1, 0.15) is 58.3 Å². The van der Waals surface area contributed by atoms with Crippen LogP contribution in [-0.2, 0) is 0 Å². The quantitative estimate of drug-likeness (QED) is 0.517. The normalized spacial score (nSPS) is 50.2. The van der Waals surface area contributed by atoms with E-state index in [1.165, 1.54) is 51.4 Å². The maximum atomic E-state index is 2.60. The SMILES string of the molecule is C[C@@]12CC=C[C@H]1[C@@H]1CCC3=CCCC[C@@H]3[C@H]1CC2. The monoisotopic (exact) mass is 242 g/mol. The summed E-state index contributed by atoms with van der Waals surface area (Å²) in [5.41, 5.74) is 2.49. The predicted octanol–water partition coefficient (Wildman–Crippen LogP) is 5.12. The standard InChI is InChI=1S/C18H26/c1-18-11-4-7-17(18)16-9-8-13-5-2-3-6-14(13)15(16)10-12-18/h4-5,7,14-17H,2-3,6,8-12H2,1H3/t14-,15+,16+,17-,18-/m0/s1. The summed E-state index contributed by atoms with van der Waals surface area (Å²) in [5.74, 6) is 3.95. The molecule has 0 heteroatoms. The Morgan fingerprint density at radius 3 is 3.06 bits per heavy atom. The average Bonchev–Trinajstić information content (AvgIpc) is 2.80. The molecule has 98 valence electrons. The van der Waals surface area contributed by atoms with Crippen molar-refractivity contribution in [3.05, 3.63) is 23.8 Å². The molecular weight excluding hydrogens is 216 g/mol. The van der Waals surface area contributed by atoms with Gasteiger partial charge in [-0.05, 0) is 80.5 Å². The Hall–Kier alpha value is -0.520. The molecule has 0 aromatic heterocycles. The van der Waals surface area contributed by atoms with E-state index in [0.29, 0.717) is 5.41 Å². The van der Waals surface area contributed by atoms with Gasteiger partial charge in [0.25, 0.3) is 0 Å². The fourth-order valence-corrected chi connectivity index (χ4v) is 5.72. The largest absolute Gasteiger partial charge is 0.0877 e. The fraction of sp³-hybridized carbons (Fsp3) is 0.778. The molecule has 0 radical (unpaired) electrons. The Labute approximate surface area is 112 Å². The topological polar surface area (TPSA) is 0 Å². The highest BCUT2D eigenvalue weighted by atomic mass is 14.5. The number of hydrogen-bond acceptors (Lipinski definition) is 0. The first-order chi connectivity index (χ1) is 8.78. The highest BCUT2D eigenvalue weighted by Gasteiger charge is 2.50. The van der Waals surface area contributed by atoms with E-state index < -0.39 is 0 Å². The van der Waals surface area contributed by atoms with Crippen molar-refractivity contribution in [3.63, 3.8) is 0 Å². The van der Waals surface area contributed by atoms with Gasteiger partial charge in [0.15, 0.2) is 0 Å². The van der Waals surface area contributed by atoms with Crippen LogP contribution in [0.15, 0.2) is 23.8 Å². The molecule has 2 saturated carbocycles. The van der Waals surface area contributed by atoms with Crippen LogP contribution in [0.3, 0.4) is 0 Å². The molecule has 2 fully saturated rings. The number of hydrogen-bond donors (Lipinski definition) is 0. The van der Waals surface area contributed by atoms with Gasteiger partial charge in [-0.15, -0.1) is 0 Å². The number of fused-ring (bicyclic) bond motifs is 5. The molecule has 18 heavy (non-hydrogen) atoms. The van der Waals surface area contributed by atoms with Gasteiger partial charge >= 0.3 is 0 Å². The van der Waals surface area contributed by atoms with Gasteiger partial charge in [-0.2, -0.15) is 0 Å². The number of rotatable bonds is 0. The first-order valence-corrected chi connectivity index (χ1v) is 8.13. The van der Waals surface area contributed by atoms with Crippen LogP contribution >= 0.6 is 0 Å². The van der Waals surface area contributed by atoms with Crippen LogP contribution in [0.2, 0.25) is 0 Å². The van der Waals surface area contributed by atoms with Crippen LogP contribution in [0.5, 0.6) is 0 Å². The number of allylic oxidation sites excluding steroid dienone is 4. The van der Waals surface area contributed by atoms with Crippen LogP contribution < -0.4 is 0 Å². The first kappa shape index (κ1) is 11.3. The lowest BCUT2D eigenvalue weighted by molar-refractivity contribution is 0.0137. The molecule has 0 spiro atoms. The second-order valence-electron chi connectivity index (χ2n) is 7.53. The minimum Gasteiger partial charge on any atom is -0.0877 e.